The molecule has 0 saturated heterocycles. The van der Waals surface area contributed by atoms with Gasteiger partial charge in [-0.05, 0) is 19.1 Å². The van der Waals surface area contributed by atoms with E-state index in [0.29, 0.717) is 0 Å². The number of hydrogen-bond acceptors (Lipinski definition) is 2. The number of furan rings is 1. The van der Waals surface area contributed by atoms with Crippen molar-refractivity contribution >= 4 is 0 Å². The first-order chi connectivity index (χ1) is 4.74. The lowest BCUT2D eigenvalue weighted by Gasteiger charge is -1.97. The molecule has 0 aliphatic carbocycles. The van der Waals surface area contributed by atoms with Crippen LogP contribution in [0.15, 0.2) is 16.5 Å². The zero-order valence-corrected chi connectivity index (χ0v) is 6.42. The first-order valence-corrected chi connectivity index (χ1v) is 3.58. The summed E-state index contributed by atoms with van der Waals surface area (Å²) in [7, 11) is 0. The molecule has 0 unspecified atom stereocenters. The molecule has 0 radical (unpaired) electrons. The van der Waals surface area contributed by atoms with Crippen LogP contribution < -0.4 is 5.73 Å². The number of aryl methyl sites for hydroxylation is 1. The van der Waals surface area contributed by atoms with E-state index in [4.69, 9.17) is 10.2 Å². The Bertz CT molecular complexity index is 203. The van der Waals surface area contributed by atoms with Gasteiger partial charge in [-0.25, -0.2) is 0 Å². The number of rotatable bonds is 2. The van der Waals surface area contributed by atoms with Crippen molar-refractivity contribution < 1.29 is 4.42 Å². The van der Waals surface area contributed by atoms with Crippen LogP contribution in [0, 0.1) is 0 Å². The molecule has 0 amide bonds. The minimum atomic E-state index is 0.0142. The van der Waals surface area contributed by atoms with E-state index >= 15 is 0 Å². The smallest absolute Gasteiger partial charge is 0.120 e. The SMILES string of the molecule is CCc1ccc([C@H](C)N)o1. The summed E-state index contributed by atoms with van der Waals surface area (Å²) in [6.07, 6.45) is 0.937. The molecule has 2 heteroatoms. The maximum absolute atomic E-state index is 5.59. The topological polar surface area (TPSA) is 39.2 Å². The highest BCUT2D eigenvalue weighted by atomic mass is 16.3. The van der Waals surface area contributed by atoms with E-state index in [1.807, 2.05) is 19.1 Å². The van der Waals surface area contributed by atoms with Crippen LogP contribution in [0.4, 0.5) is 0 Å². The Kier molecular flexibility index (Phi) is 2.12. The highest BCUT2D eigenvalue weighted by Gasteiger charge is 2.03. The fourth-order valence-electron chi connectivity index (χ4n) is 0.829. The zero-order valence-electron chi connectivity index (χ0n) is 6.42. The Hall–Kier alpha value is -0.760. The molecule has 2 nitrogen and oxygen atoms in total. The third-order valence-electron chi connectivity index (χ3n) is 1.48. The molecule has 0 fully saturated rings. The highest BCUT2D eigenvalue weighted by Crippen LogP contribution is 2.13. The van der Waals surface area contributed by atoms with Crippen LogP contribution in [0.25, 0.3) is 0 Å². The summed E-state index contributed by atoms with van der Waals surface area (Å²) in [6, 6.07) is 3.92. The number of hydrogen-bond donors (Lipinski definition) is 1. The van der Waals surface area contributed by atoms with Crippen LogP contribution in [-0.2, 0) is 6.42 Å². The second-order valence-electron chi connectivity index (χ2n) is 2.45. The molecule has 1 heterocycles. The molecular weight excluding hydrogens is 126 g/mol. The molecule has 1 atom stereocenters. The third kappa shape index (κ3) is 1.39. The van der Waals surface area contributed by atoms with E-state index in [1.54, 1.807) is 0 Å². The lowest BCUT2D eigenvalue weighted by Crippen LogP contribution is -2.02. The predicted molar refractivity (Wildman–Crippen MR) is 40.7 cm³/mol. The Labute approximate surface area is 61.0 Å². The molecular formula is C8H13NO. The molecule has 1 aromatic heterocycles. The molecule has 2 N–H and O–H groups in total. The summed E-state index contributed by atoms with van der Waals surface area (Å²) in [5.41, 5.74) is 5.59. The predicted octanol–water partition coefficient (Wildman–Crippen LogP) is 1.86. The van der Waals surface area contributed by atoms with Crippen molar-refractivity contribution in [2.24, 2.45) is 5.73 Å². The highest BCUT2D eigenvalue weighted by molar-refractivity contribution is 5.09. The molecule has 10 heavy (non-hydrogen) atoms. The minimum Gasteiger partial charge on any atom is -0.464 e. The van der Waals surface area contributed by atoms with Crippen molar-refractivity contribution in [2.45, 2.75) is 26.3 Å². The van der Waals surface area contributed by atoms with Gasteiger partial charge in [0.25, 0.3) is 0 Å². The first kappa shape index (κ1) is 7.35. The number of nitrogens with two attached hydrogens (primary N) is 1. The summed E-state index contributed by atoms with van der Waals surface area (Å²) in [5.74, 6) is 1.88. The summed E-state index contributed by atoms with van der Waals surface area (Å²) >= 11 is 0. The van der Waals surface area contributed by atoms with Gasteiger partial charge in [-0.1, -0.05) is 6.92 Å². The van der Waals surface area contributed by atoms with Crippen molar-refractivity contribution in [2.75, 3.05) is 0 Å². The van der Waals surface area contributed by atoms with E-state index in [2.05, 4.69) is 6.92 Å². The molecule has 0 saturated carbocycles. The fourth-order valence-corrected chi connectivity index (χ4v) is 0.829. The Morgan fingerprint density at radius 3 is 2.60 bits per heavy atom. The standard InChI is InChI=1S/C8H13NO/c1-3-7-4-5-8(10-7)6(2)9/h4-6H,3,9H2,1-2H3/t6-/m0/s1. The average molecular weight is 139 g/mol. The summed E-state index contributed by atoms with van der Waals surface area (Å²) in [4.78, 5) is 0. The lowest BCUT2D eigenvalue weighted by molar-refractivity contribution is 0.446. The second-order valence-corrected chi connectivity index (χ2v) is 2.45. The Morgan fingerprint density at radius 1 is 1.60 bits per heavy atom. The molecule has 0 aliphatic heterocycles. The van der Waals surface area contributed by atoms with Gasteiger partial charge >= 0.3 is 0 Å². The maximum atomic E-state index is 5.59. The van der Waals surface area contributed by atoms with Gasteiger partial charge < -0.3 is 10.2 Å². The van der Waals surface area contributed by atoms with E-state index in [1.165, 1.54) is 0 Å². The van der Waals surface area contributed by atoms with Gasteiger partial charge in [0.1, 0.15) is 11.5 Å². The van der Waals surface area contributed by atoms with Gasteiger partial charge in [-0.3, -0.25) is 0 Å². The molecule has 0 spiro atoms. The van der Waals surface area contributed by atoms with E-state index in [0.717, 1.165) is 17.9 Å². The van der Waals surface area contributed by atoms with Gasteiger partial charge in [0.15, 0.2) is 0 Å². The van der Waals surface area contributed by atoms with Crippen LogP contribution in [-0.4, -0.2) is 0 Å². The Balaban J connectivity index is 2.78. The molecule has 1 rings (SSSR count). The van der Waals surface area contributed by atoms with Crippen LogP contribution in [0.1, 0.15) is 31.4 Å². The van der Waals surface area contributed by atoms with Crippen molar-refractivity contribution in [1.29, 1.82) is 0 Å². The van der Waals surface area contributed by atoms with Crippen molar-refractivity contribution in [1.82, 2.24) is 0 Å². The molecule has 56 valence electrons. The summed E-state index contributed by atoms with van der Waals surface area (Å²) in [6.45, 7) is 3.97. The van der Waals surface area contributed by atoms with E-state index < -0.39 is 0 Å². The van der Waals surface area contributed by atoms with E-state index in [-0.39, 0.29) is 6.04 Å². The largest absolute Gasteiger partial charge is 0.464 e. The van der Waals surface area contributed by atoms with Gasteiger partial charge in [0, 0.05) is 6.42 Å². The van der Waals surface area contributed by atoms with Crippen molar-refractivity contribution in [3.05, 3.63) is 23.7 Å². The lowest BCUT2D eigenvalue weighted by atomic mass is 10.3. The summed E-state index contributed by atoms with van der Waals surface area (Å²) < 4.78 is 5.37. The molecule has 0 aromatic carbocycles. The van der Waals surface area contributed by atoms with Gasteiger partial charge in [-0.15, -0.1) is 0 Å². The quantitative estimate of drug-likeness (QED) is 0.679. The average Bonchev–Trinajstić information content (AvgIpc) is 2.34. The van der Waals surface area contributed by atoms with Crippen LogP contribution in [0.3, 0.4) is 0 Å². The molecule has 1 aromatic rings. The summed E-state index contributed by atoms with van der Waals surface area (Å²) in [5, 5.41) is 0. The van der Waals surface area contributed by atoms with Crippen LogP contribution >= 0.6 is 0 Å². The normalized spacial score (nSPS) is 13.5. The Morgan fingerprint density at radius 2 is 2.30 bits per heavy atom. The second kappa shape index (κ2) is 2.88. The fraction of sp³-hybridized carbons (Fsp3) is 0.500. The van der Waals surface area contributed by atoms with Gasteiger partial charge in [-0.2, -0.15) is 0 Å². The third-order valence-corrected chi connectivity index (χ3v) is 1.48. The maximum Gasteiger partial charge on any atom is 0.120 e. The van der Waals surface area contributed by atoms with Crippen LogP contribution in [0.2, 0.25) is 0 Å². The van der Waals surface area contributed by atoms with E-state index in [9.17, 15) is 0 Å². The molecule has 0 bridgehead atoms. The first-order valence-electron chi connectivity index (χ1n) is 3.58. The molecule has 0 aliphatic rings. The monoisotopic (exact) mass is 139 g/mol. The minimum absolute atomic E-state index is 0.0142. The zero-order chi connectivity index (χ0) is 7.56. The van der Waals surface area contributed by atoms with Gasteiger partial charge in [0.2, 0.25) is 0 Å². The van der Waals surface area contributed by atoms with Crippen molar-refractivity contribution in [3.8, 4) is 0 Å². The van der Waals surface area contributed by atoms with Gasteiger partial charge in [0.05, 0.1) is 6.04 Å². The van der Waals surface area contributed by atoms with Crippen molar-refractivity contribution in [3.63, 3.8) is 0 Å². The van der Waals surface area contributed by atoms with Crippen LogP contribution in [0.5, 0.6) is 0 Å².